The summed E-state index contributed by atoms with van der Waals surface area (Å²) in [6.07, 6.45) is 2.08. The molecule has 0 spiro atoms. The summed E-state index contributed by atoms with van der Waals surface area (Å²) in [4.78, 5) is 36.9. The van der Waals surface area contributed by atoms with Crippen molar-refractivity contribution in [3.8, 4) is 17.2 Å². The highest BCUT2D eigenvalue weighted by Crippen LogP contribution is 2.28. The Bertz CT molecular complexity index is 1580. The smallest absolute Gasteiger partial charge is 0.475 e. The van der Waals surface area contributed by atoms with E-state index in [2.05, 4.69) is 20.9 Å². The van der Waals surface area contributed by atoms with Gasteiger partial charge in [-0.3, -0.25) is 14.3 Å². The maximum Gasteiger partial charge on any atom is 0.490 e. The lowest BCUT2D eigenvalue weighted by atomic mass is 10.1. The first kappa shape index (κ1) is 27.3. The van der Waals surface area contributed by atoms with Gasteiger partial charge < -0.3 is 20.7 Å². The van der Waals surface area contributed by atoms with E-state index in [-0.39, 0.29) is 18.1 Å². The van der Waals surface area contributed by atoms with Gasteiger partial charge in [0.2, 0.25) is 5.95 Å². The molecule has 0 saturated carbocycles. The monoisotopic (exact) mass is 539 g/mol. The summed E-state index contributed by atoms with van der Waals surface area (Å²) in [7, 11) is 0. The fourth-order valence-corrected chi connectivity index (χ4v) is 4.34. The quantitative estimate of drug-likeness (QED) is 0.357. The molecule has 13 heteroatoms. The third-order valence-corrected chi connectivity index (χ3v) is 6.19. The second kappa shape index (κ2) is 11.4. The summed E-state index contributed by atoms with van der Waals surface area (Å²) in [5.41, 5.74) is 10.2. The number of carboxylic acids is 1. The highest BCUT2D eigenvalue weighted by atomic mass is 19.4. The van der Waals surface area contributed by atoms with Crippen molar-refractivity contribution in [1.82, 2.24) is 19.5 Å². The molecule has 0 amide bonds. The molecule has 1 aliphatic heterocycles. The largest absolute Gasteiger partial charge is 0.490 e. The fourth-order valence-electron chi connectivity index (χ4n) is 4.34. The summed E-state index contributed by atoms with van der Waals surface area (Å²) in [5, 5.41) is 16.7. The van der Waals surface area contributed by atoms with Crippen molar-refractivity contribution in [2.75, 3.05) is 18.0 Å². The van der Waals surface area contributed by atoms with E-state index in [1.807, 2.05) is 30.3 Å². The van der Waals surface area contributed by atoms with E-state index in [4.69, 9.17) is 20.6 Å². The second-order valence-corrected chi connectivity index (χ2v) is 8.89. The Labute approximate surface area is 220 Å². The minimum Gasteiger partial charge on any atom is -0.475 e. The number of nitrogens with one attached hydrogen (secondary N) is 1. The van der Waals surface area contributed by atoms with Crippen LogP contribution >= 0.6 is 0 Å². The van der Waals surface area contributed by atoms with Crippen molar-refractivity contribution in [3.05, 3.63) is 76.5 Å². The molecule has 39 heavy (non-hydrogen) atoms. The lowest BCUT2D eigenvalue weighted by Crippen LogP contribution is -2.45. The molecular weight excluding hydrogens is 515 g/mol. The lowest BCUT2D eigenvalue weighted by molar-refractivity contribution is -0.192. The van der Waals surface area contributed by atoms with Crippen LogP contribution in [0.5, 0.6) is 0 Å². The SMILES string of the molecule is N#Cc1ccccc1Cn1c(N2CCC[C@@H](N)C2)nc2c(-c3cccnc3)c[nH]c2c1=O.O=C(O)C(F)(F)F. The van der Waals surface area contributed by atoms with Crippen molar-refractivity contribution in [2.24, 2.45) is 5.73 Å². The Balaban J connectivity index is 0.000000448. The third kappa shape index (κ3) is 6.07. The van der Waals surface area contributed by atoms with Crippen LogP contribution in [-0.4, -0.2) is 55.9 Å². The van der Waals surface area contributed by atoms with Crippen molar-refractivity contribution in [3.63, 3.8) is 0 Å². The average molecular weight is 540 g/mol. The summed E-state index contributed by atoms with van der Waals surface area (Å²) in [6.45, 7) is 1.66. The van der Waals surface area contributed by atoms with Crippen molar-refractivity contribution >= 4 is 23.0 Å². The van der Waals surface area contributed by atoms with Crippen molar-refractivity contribution in [2.45, 2.75) is 31.6 Å². The maximum atomic E-state index is 13.7. The lowest BCUT2D eigenvalue weighted by Gasteiger charge is -2.33. The molecule has 1 atom stereocenters. The van der Waals surface area contributed by atoms with E-state index in [0.29, 0.717) is 29.1 Å². The van der Waals surface area contributed by atoms with Gasteiger partial charge in [-0.1, -0.05) is 24.3 Å². The van der Waals surface area contributed by atoms with Crippen LogP contribution in [0.1, 0.15) is 24.0 Å². The number of piperidine rings is 1. The number of carbonyl (C=O) groups is 1. The molecule has 0 unspecified atom stereocenters. The molecule has 5 rings (SSSR count). The van der Waals surface area contributed by atoms with Gasteiger partial charge in [0.15, 0.2) is 0 Å². The average Bonchev–Trinajstić information content (AvgIpc) is 3.35. The van der Waals surface area contributed by atoms with Gasteiger partial charge >= 0.3 is 12.1 Å². The number of pyridine rings is 1. The Morgan fingerprint density at radius 2 is 2.00 bits per heavy atom. The molecule has 202 valence electrons. The molecule has 1 aromatic carbocycles. The molecule has 0 bridgehead atoms. The van der Waals surface area contributed by atoms with Gasteiger partial charge in [-0.05, 0) is 30.5 Å². The van der Waals surface area contributed by atoms with E-state index >= 15 is 0 Å². The molecule has 3 aromatic heterocycles. The third-order valence-electron chi connectivity index (χ3n) is 6.19. The fraction of sp³-hybridized carbons (Fsp3) is 0.269. The van der Waals surface area contributed by atoms with Crippen molar-refractivity contribution < 1.29 is 23.1 Å². The number of hydrogen-bond acceptors (Lipinski definition) is 7. The van der Waals surface area contributed by atoms with Crippen LogP contribution < -0.4 is 16.2 Å². The van der Waals surface area contributed by atoms with Gasteiger partial charge in [-0.15, -0.1) is 0 Å². The number of nitrogens with two attached hydrogens (primary N) is 1. The number of anilines is 1. The molecule has 0 aliphatic carbocycles. The van der Waals surface area contributed by atoms with Gasteiger partial charge in [0.1, 0.15) is 11.0 Å². The number of nitriles is 1. The van der Waals surface area contributed by atoms with Crippen LogP contribution in [0, 0.1) is 11.3 Å². The van der Waals surface area contributed by atoms with Crippen LogP contribution in [0.25, 0.3) is 22.2 Å². The highest BCUT2D eigenvalue weighted by Gasteiger charge is 2.38. The van der Waals surface area contributed by atoms with Gasteiger partial charge in [0.05, 0.1) is 18.2 Å². The molecular formula is C26H24F3N7O3. The first-order valence-corrected chi connectivity index (χ1v) is 11.9. The summed E-state index contributed by atoms with van der Waals surface area (Å²) in [5.74, 6) is -2.18. The number of rotatable bonds is 4. The number of aromatic nitrogens is 4. The number of fused-ring (bicyclic) bond motifs is 1. The maximum absolute atomic E-state index is 13.7. The number of hydrogen-bond donors (Lipinski definition) is 3. The number of aliphatic carboxylic acids is 1. The number of halogens is 3. The van der Waals surface area contributed by atoms with E-state index in [1.54, 1.807) is 29.2 Å². The minimum absolute atomic E-state index is 0.0280. The van der Waals surface area contributed by atoms with Crippen molar-refractivity contribution in [1.29, 1.82) is 5.26 Å². The number of aromatic amines is 1. The number of carboxylic acid groups (broad SMARTS) is 1. The van der Waals surface area contributed by atoms with Gasteiger partial charge in [0, 0.05) is 48.8 Å². The van der Waals surface area contributed by atoms with E-state index in [1.165, 1.54) is 0 Å². The Morgan fingerprint density at radius 1 is 1.26 bits per heavy atom. The first-order valence-electron chi connectivity index (χ1n) is 11.9. The molecule has 0 radical (unpaired) electrons. The number of benzene rings is 1. The van der Waals surface area contributed by atoms with Crippen LogP contribution in [-0.2, 0) is 11.3 Å². The van der Waals surface area contributed by atoms with E-state index in [0.717, 1.165) is 36.1 Å². The zero-order valence-corrected chi connectivity index (χ0v) is 20.5. The molecule has 10 nitrogen and oxygen atoms in total. The number of alkyl halides is 3. The summed E-state index contributed by atoms with van der Waals surface area (Å²) in [6, 6.07) is 13.4. The minimum atomic E-state index is -5.08. The summed E-state index contributed by atoms with van der Waals surface area (Å²) >= 11 is 0. The molecule has 1 fully saturated rings. The number of H-pyrrole nitrogens is 1. The second-order valence-electron chi connectivity index (χ2n) is 8.89. The standard InChI is InChI=1S/C24H23N7O.C2HF3O2/c25-11-16-5-1-2-6-18(16)14-31-23(32)22-21(20(13-28-22)17-7-3-9-27-12-17)29-24(31)30-10-4-8-19(26)15-30;3-2(4,5)1(6)7/h1-3,5-7,9,12-13,19,28H,4,8,10,14-15,26H2;(H,6,7)/t19-;/m1./s1. The van der Waals surface area contributed by atoms with Crippen LogP contribution in [0.4, 0.5) is 19.1 Å². The highest BCUT2D eigenvalue weighted by molar-refractivity contribution is 5.92. The first-order chi connectivity index (χ1) is 18.6. The van der Waals surface area contributed by atoms with E-state index in [9.17, 15) is 23.2 Å². The topological polar surface area (TPSA) is 154 Å². The zero-order valence-electron chi connectivity index (χ0n) is 20.5. The molecule has 4 N–H and O–H groups in total. The van der Waals surface area contributed by atoms with Gasteiger partial charge in [0.25, 0.3) is 5.56 Å². The van der Waals surface area contributed by atoms with Gasteiger partial charge in [-0.25, -0.2) is 9.78 Å². The molecule has 4 aromatic rings. The van der Waals surface area contributed by atoms with Gasteiger partial charge in [-0.2, -0.15) is 18.4 Å². The summed E-state index contributed by atoms with van der Waals surface area (Å²) < 4.78 is 33.4. The van der Waals surface area contributed by atoms with E-state index < -0.39 is 12.1 Å². The Hall–Kier alpha value is -4.70. The predicted molar refractivity (Wildman–Crippen MR) is 137 cm³/mol. The molecule has 1 saturated heterocycles. The Morgan fingerprint density at radius 3 is 2.64 bits per heavy atom. The number of nitrogens with zero attached hydrogens (tertiary/aromatic N) is 5. The Kier molecular flexibility index (Phi) is 7.96. The zero-order chi connectivity index (χ0) is 28.2. The van der Waals surface area contributed by atoms with Crippen LogP contribution in [0.3, 0.4) is 0 Å². The molecule has 1 aliphatic rings. The molecule has 4 heterocycles. The normalized spacial score (nSPS) is 15.4. The van der Waals surface area contributed by atoms with Crippen LogP contribution in [0.15, 0.2) is 59.8 Å². The van der Waals surface area contributed by atoms with Crippen LogP contribution in [0.2, 0.25) is 0 Å². The predicted octanol–water partition coefficient (Wildman–Crippen LogP) is 3.27.